The van der Waals surface area contributed by atoms with Crippen LogP contribution in [0.3, 0.4) is 0 Å². The molecule has 1 saturated carbocycles. The fraction of sp³-hybridized carbons (Fsp3) is 0.500. The molecule has 1 aliphatic carbocycles. The number of benzene rings is 1. The van der Waals surface area contributed by atoms with E-state index >= 15 is 0 Å². The van der Waals surface area contributed by atoms with Crippen molar-refractivity contribution in [2.45, 2.75) is 39.3 Å². The molecule has 1 aliphatic rings. The molecule has 1 unspecified atom stereocenters. The van der Waals surface area contributed by atoms with Gasteiger partial charge in [-0.1, -0.05) is 0 Å². The number of carbonyl (C=O) groups is 2. The van der Waals surface area contributed by atoms with Gasteiger partial charge in [0.1, 0.15) is 11.8 Å². The molecule has 0 aromatic heterocycles. The van der Waals surface area contributed by atoms with Gasteiger partial charge >= 0.3 is 5.97 Å². The molecular formula is C16H21NO4. The van der Waals surface area contributed by atoms with Gasteiger partial charge in [0.25, 0.3) is 0 Å². The second-order valence-corrected chi connectivity index (χ2v) is 5.35. The molecule has 0 heterocycles. The van der Waals surface area contributed by atoms with Crippen molar-refractivity contribution in [2.24, 2.45) is 5.92 Å². The third kappa shape index (κ3) is 4.04. The number of aliphatic carboxylic acids is 1. The van der Waals surface area contributed by atoms with E-state index < -0.39 is 12.0 Å². The lowest BCUT2D eigenvalue weighted by molar-refractivity contribution is -0.140. The fourth-order valence-electron chi connectivity index (χ4n) is 2.34. The molecule has 0 aliphatic heterocycles. The highest BCUT2D eigenvalue weighted by molar-refractivity contribution is 5.94. The zero-order valence-corrected chi connectivity index (χ0v) is 12.4. The van der Waals surface area contributed by atoms with Crippen LogP contribution in [0.25, 0.3) is 0 Å². The van der Waals surface area contributed by atoms with Crippen molar-refractivity contribution in [1.82, 2.24) is 5.32 Å². The van der Waals surface area contributed by atoms with E-state index in [-0.39, 0.29) is 11.7 Å². The van der Waals surface area contributed by atoms with Gasteiger partial charge in [0, 0.05) is 17.7 Å². The molecule has 21 heavy (non-hydrogen) atoms. The second kappa shape index (κ2) is 6.72. The first kappa shape index (κ1) is 15.5. The topological polar surface area (TPSA) is 75.6 Å². The Labute approximate surface area is 124 Å². The molecule has 1 aromatic rings. The van der Waals surface area contributed by atoms with Crippen LogP contribution < -0.4 is 10.1 Å². The van der Waals surface area contributed by atoms with Crippen molar-refractivity contribution in [2.75, 3.05) is 6.61 Å². The number of nitrogens with one attached hydrogen (secondary N) is 1. The normalized spacial score (nSPS) is 15.5. The number of hydrogen-bond acceptors (Lipinski definition) is 4. The Bertz CT molecular complexity index is 537. The maximum Gasteiger partial charge on any atom is 0.320 e. The monoisotopic (exact) mass is 291 g/mol. The smallest absolute Gasteiger partial charge is 0.320 e. The predicted molar refractivity (Wildman–Crippen MR) is 78.6 cm³/mol. The molecule has 1 atom stereocenters. The number of carboxylic acid groups (broad SMARTS) is 1. The minimum atomic E-state index is -0.821. The number of ketones is 1. The van der Waals surface area contributed by atoms with E-state index in [2.05, 4.69) is 5.32 Å². The van der Waals surface area contributed by atoms with Crippen molar-refractivity contribution in [3.8, 4) is 5.75 Å². The first-order chi connectivity index (χ1) is 10.0. The van der Waals surface area contributed by atoms with E-state index in [0.717, 1.165) is 18.4 Å². The zero-order valence-electron chi connectivity index (χ0n) is 12.4. The van der Waals surface area contributed by atoms with Crippen LogP contribution in [0.5, 0.6) is 5.75 Å². The summed E-state index contributed by atoms with van der Waals surface area (Å²) in [7, 11) is 0. The average Bonchev–Trinajstić information content (AvgIpc) is 3.25. The van der Waals surface area contributed by atoms with Gasteiger partial charge in [-0.2, -0.15) is 0 Å². The number of ether oxygens (including phenoxy) is 1. The highest BCUT2D eigenvalue weighted by Crippen LogP contribution is 2.33. The molecule has 1 fully saturated rings. The summed E-state index contributed by atoms with van der Waals surface area (Å²) in [6, 6.07) is 4.74. The van der Waals surface area contributed by atoms with Crippen LogP contribution in [0.15, 0.2) is 18.2 Å². The summed E-state index contributed by atoms with van der Waals surface area (Å²) in [5.41, 5.74) is 1.42. The molecule has 0 saturated heterocycles. The molecule has 0 radical (unpaired) electrons. The number of Topliss-reactive ketones (excluding diaryl/α,β-unsaturated/α-hetero) is 1. The third-order valence-corrected chi connectivity index (χ3v) is 3.64. The Morgan fingerprint density at radius 2 is 2.14 bits per heavy atom. The van der Waals surface area contributed by atoms with Crippen LogP contribution in [-0.4, -0.2) is 29.5 Å². The molecule has 2 N–H and O–H groups in total. The fourth-order valence-corrected chi connectivity index (χ4v) is 2.34. The van der Waals surface area contributed by atoms with Gasteiger partial charge in [0.2, 0.25) is 0 Å². The number of rotatable bonds is 8. The summed E-state index contributed by atoms with van der Waals surface area (Å²) in [4.78, 5) is 22.7. The van der Waals surface area contributed by atoms with E-state index in [0.29, 0.717) is 24.5 Å². The van der Waals surface area contributed by atoms with Crippen molar-refractivity contribution in [1.29, 1.82) is 0 Å². The molecule has 0 spiro atoms. The van der Waals surface area contributed by atoms with Crippen LogP contribution in [0.4, 0.5) is 0 Å². The quantitative estimate of drug-likeness (QED) is 0.718. The summed E-state index contributed by atoms with van der Waals surface area (Å²) in [5, 5.41) is 12.3. The maximum atomic E-state index is 11.5. The highest BCUT2D eigenvalue weighted by atomic mass is 16.5. The number of hydrogen-bond donors (Lipinski definition) is 2. The second-order valence-electron chi connectivity index (χ2n) is 5.35. The van der Waals surface area contributed by atoms with Crippen molar-refractivity contribution in [3.63, 3.8) is 0 Å². The largest absolute Gasteiger partial charge is 0.494 e. The van der Waals surface area contributed by atoms with E-state index in [1.807, 2.05) is 6.92 Å². The first-order valence-electron chi connectivity index (χ1n) is 7.25. The summed E-state index contributed by atoms with van der Waals surface area (Å²) < 4.78 is 5.54. The zero-order chi connectivity index (χ0) is 15.4. The van der Waals surface area contributed by atoms with Gasteiger partial charge in [-0.3, -0.25) is 14.9 Å². The lowest BCUT2D eigenvalue weighted by atomic mass is 10.1. The third-order valence-electron chi connectivity index (χ3n) is 3.64. The van der Waals surface area contributed by atoms with E-state index in [4.69, 9.17) is 4.74 Å². The summed E-state index contributed by atoms with van der Waals surface area (Å²) >= 11 is 0. The van der Waals surface area contributed by atoms with Gasteiger partial charge in [-0.15, -0.1) is 0 Å². The van der Waals surface area contributed by atoms with E-state index in [1.165, 1.54) is 6.92 Å². The molecule has 114 valence electrons. The van der Waals surface area contributed by atoms with Crippen molar-refractivity contribution < 1.29 is 19.4 Å². The average molecular weight is 291 g/mol. The lowest BCUT2D eigenvalue weighted by Crippen LogP contribution is -2.38. The van der Waals surface area contributed by atoms with Gasteiger partial charge in [0.15, 0.2) is 5.78 Å². The van der Waals surface area contributed by atoms with Gasteiger partial charge < -0.3 is 9.84 Å². The van der Waals surface area contributed by atoms with Crippen molar-refractivity contribution in [3.05, 3.63) is 29.3 Å². The Balaban J connectivity index is 2.13. The Kier molecular flexibility index (Phi) is 4.96. The van der Waals surface area contributed by atoms with Gasteiger partial charge in [-0.05, 0) is 50.8 Å². The SMILES string of the molecule is CCOc1ccc(C(C)=O)cc1CNC(C(=O)O)C1CC1. The van der Waals surface area contributed by atoms with E-state index in [9.17, 15) is 14.7 Å². The number of carbonyl (C=O) groups excluding carboxylic acids is 1. The minimum Gasteiger partial charge on any atom is -0.494 e. The van der Waals surface area contributed by atoms with Crippen LogP contribution in [-0.2, 0) is 11.3 Å². The van der Waals surface area contributed by atoms with Gasteiger partial charge in [-0.25, -0.2) is 0 Å². The summed E-state index contributed by atoms with van der Waals surface area (Å²) in [6.45, 7) is 4.30. The lowest BCUT2D eigenvalue weighted by Gasteiger charge is -2.16. The summed E-state index contributed by atoms with van der Waals surface area (Å²) in [5.74, 6) is 0.0680. The van der Waals surface area contributed by atoms with Crippen LogP contribution in [0.1, 0.15) is 42.6 Å². The van der Waals surface area contributed by atoms with Crippen LogP contribution in [0.2, 0.25) is 0 Å². The summed E-state index contributed by atoms with van der Waals surface area (Å²) in [6.07, 6.45) is 1.91. The Hall–Kier alpha value is -1.88. The van der Waals surface area contributed by atoms with Gasteiger partial charge in [0.05, 0.1) is 6.61 Å². The van der Waals surface area contributed by atoms with Crippen LogP contribution in [0, 0.1) is 5.92 Å². The number of carboxylic acids is 1. The van der Waals surface area contributed by atoms with E-state index in [1.54, 1.807) is 18.2 Å². The molecule has 5 heteroatoms. The standard InChI is InChI=1S/C16H21NO4/c1-3-21-14-7-6-12(10(2)18)8-13(14)9-17-15(16(19)20)11-4-5-11/h6-8,11,15,17H,3-5,9H2,1-2H3,(H,19,20). The van der Waals surface area contributed by atoms with Crippen LogP contribution >= 0.6 is 0 Å². The Morgan fingerprint density at radius 3 is 2.67 bits per heavy atom. The maximum absolute atomic E-state index is 11.5. The highest BCUT2D eigenvalue weighted by Gasteiger charge is 2.35. The minimum absolute atomic E-state index is 0.0173. The predicted octanol–water partition coefficient (Wildman–Crippen LogP) is 2.24. The Morgan fingerprint density at radius 1 is 1.43 bits per heavy atom. The van der Waals surface area contributed by atoms with Crippen molar-refractivity contribution >= 4 is 11.8 Å². The molecular weight excluding hydrogens is 270 g/mol. The molecule has 0 amide bonds. The first-order valence-corrected chi connectivity index (χ1v) is 7.25. The molecule has 5 nitrogen and oxygen atoms in total. The molecule has 2 rings (SSSR count). The molecule has 1 aromatic carbocycles. The molecule has 0 bridgehead atoms.